The summed E-state index contributed by atoms with van der Waals surface area (Å²) in [6.45, 7) is 2.57. The molecule has 0 atom stereocenters. The Hall–Kier alpha value is -2.34. The highest BCUT2D eigenvalue weighted by Gasteiger charge is 2.07. The molecule has 2 heterocycles. The van der Waals surface area contributed by atoms with Gasteiger partial charge in [-0.25, -0.2) is 9.97 Å². The quantitative estimate of drug-likeness (QED) is 0.835. The summed E-state index contributed by atoms with van der Waals surface area (Å²) in [5, 5.41) is 2.76. The monoisotopic (exact) mass is 257 g/mol. The zero-order valence-corrected chi connectivity index (χ0v) is 10.6. The van der Waals surface area contributed by atoms with E-state index in [1.165, 1.54) is 0 Å². The van der Waals surface area contributed by atoms with Gasteiger partial charge in [0.05, 0.1) is 12.2 Å². The molecule has 0 saturated carbocycles. The number of amides is 1. The van der Waals surface area contributed by atoms with E-state index >= 15 is 0 Å². The van der Waals surface area contributed by atoms with Gasteiger partial charge in [0.2, 0.25) is 0 Å². The molecule has 0 bridgehead atoms. The van der Waals surface area contributed by atoms with Crippen molar-refractivity contribution < 1.29 is 4.79 Å². The minimum atomic E-state index is -0.236. The van der Waals surface area contributed by atoms with Gasteiger partial charge in [0, 0.05) is 18.9 Å². The summed E-state index contributed by atoms with van der Waals surface area (Å²) in [7, 11) is 0. The fourth-order valence-corrected chi connectivity index (χ4v) is 1.54. The number of hydrogen-bond acceptors (Lipinski definition) is 5. The van der Waals surface area contributed by atoms with Crippen molar-refractivity contribution >= 4 is 5.91 Å². The zero-order valence-electron chi connectivity index (χ0n) is 10.6. The van der Waals surface area contributed by atoms with Gasteiger partial charge in [0.25, 0.3) is 5.91 Å². The lowest BCUT2D eigenvalue weighted by Crippen LogP contribution is -2.24. The van der Waals surface area contributed by atoms with E-state index in [1.54, 1.807) is 37.5 Å². The molecule has 0 saturated heterocycles. The number of carbonyl (C=O) groups is 1. The average Bonchev–Trinajstić information content (AvgIpc) is 2.45. The third kappa shape index (κ3) is 3.56. The summed E-state index contributed by atoms with van der Waals surface area (Å²) >= 11 is 0. The Kier molecular flexibility index (Phi) is 4.15. The first-order chi connectivity index (χ1) is 9.19. The van der Waals surface area contributed by atoms with Gasteiger partial charge >= 0.3 is 0 Å². The lowest BCUT2D eigenvalue weighted by atomic mass is 10.2. The predicted octanol–water partition coefficient (Wildman–Crippen LogP) is 0.569. The van der Waals surface area contributed by atoms with E-state index in [0.29, 0.717) is 24.6 Å². The van der Waals surface area contributed by atoms with Gasteiger partial charge in [-0.1, -0.05) is 6.07 Å². The van der Waals surface area contributed by atoms with Crippen LogP contribution in [0.15, 0.2) is 30.6 Å². The SMILES string of the molecule is Cc1nccc(CNC(=O)c2ccc(CN)cn2)n1. The number of carbonyl (C=O) groups excluding carboxylic acids is 1. The molecule has 2 aromatic heterocycles. The number of aryl methyl sites for hydroxylation is 1. The second-order valence-electron chi connectivity index (χ2n) is 4.03. The van der Waals surface area contributed by atoms with E-state index in [4.69, 9.17) is 5.73 Å². The minimum Gasteiger partial charge on any atom is -0.345 e. The topological polar surface area (TPSA) is 93.8 Å². The molecule has 0 aromatic carbocycles. The number of pyridine rings is 1. The number of nitrogens with two attached hydrogens (primary N) is 1. The van der Waals surface area contributed by atoms with Crippen LogP contribution in [0.4, 0.5) is 0 Å². The molecule has 0 aliphatic carbocycles. The maximum absolute atomic E-state index is 11.9. The van der Waals surface area contributed by atoms with Crippen LogP contribution in [-0.2, 0) is 13.1 Å². The van der Waals surface area contributed by atoms with Crippen LogP contribution in [0.2, 0.25) is 0 Å². The molecule has 6 heteroatoms. The standard InChI is InChI=1S/C13H15N5O/c1-9-15-5-4-11(18-9)8-17-13(19)12-3-2-10(6-14)7-16-12/h2-5,7H,6,8,14H2,1H3,(H,17,19). The van der Waals surface area contributed by atoms with Gasteiger partial charge in [-0.3, -0.25) is 9.78 Å². The number of nitrogens with one attached hydrogen (secondary N) is 1. The number of aromatic nitrogens is 3. The molecule has 3 N–H and O–H groups in total. The summed E-state index contributed by atoms with van der Waals surface area (Å²) in [6, 6.07) is 5.21. The molecule has 2 aromatic rings. The van der Waals surface area contributed by atoms with Crippen molar-refractivity contribution in [2.45, 2.75) is 20.0 Å². The van der Waals surface area contributed by atoms with Crippen molar-refractivity contribution in [3.63, 3.8) is 0 Å². The largest absolute Gasteiger partial charge is 0.345 e. The molecule has 0 unspecified atom stereocenters. The summed E-state index contributed by atoms with van der Waals surface area (Å²) in [4.78, 5) is 24.1. The molecule has 0 fully saturated rings. The Morgan fingerprint density at radius 2 is 2.16 bits per heavy atom. The molecule has 1 amide bonds. The van der Waals surface area contributed by atoms with Gasteiger partial charge in [0.1, 0.15) is 11.5 Å². The maximum atomic E-state index is 11.9. The van der Waals surface area contributed by atoms with Gasteiger partial charge in [-0.2, -0.15) is 0 Å². The van der Waals surface area contributed by atoms with E-state index in [2.05, 4.69) is 20.3 Å². The molecule has 6 nitrogen and oxygen atoms in total. The Morgan fingerprint density at radius 3 is 2.79 bits per heavy atom. The summed E-state index contributed by atoms with van der Waals surface area (Å²) in [5.74, 6) is 0.442. The normalized spacial score (nSPS) is 10.2. The van der Waals surface area contributed by atoms with Crippen molar-refractivity contribution in [3.8, 4) is 0 Å². The summed E-state index contributed by atoms with van der Waals surface area (Å²) < 4.78 is 0. The van der Waals surface area contributed by atoms with Crippen LogP contribution in [0.5, 0.6) is 0 Å². The lowest BCUT2D eigenvalue weighted by Gasteiger charge is -2.05. The first-order valence-electron chi connectivity index (χ1n) is 5.91. The van der Waals surface area contributed by atoms with Crippen molar-refractivity contribution in [2.75, 3.05) is 0 Å². The summed E-state index contributed by atoms with van der Waals surface area (Å²) in [5.41, 5.74) is 7.49. The van der Waals surface area contributed by atoms with Gasteiger partial charge in [-0.05, 0) is 24.6 Å². The number of nitrogens with zero attached hydrogens (tertiary/aromatic N) is 3. The Balaban J connectivity index is 1.97. The third-order valence-corrected chi connectivity index (χ3v) is 2.56. The number of hydrogen-bond donors (Lipinski definition) is 2. The zero-order chi connectivity index (χ0) is 13.7. The van der Waals surface area contributed by atoms with Gasteiger partial charge in [0.15, 0.2) is 0 Å². The highest BCUT2D eigenvalue weighted by atomic mass is 16.1. The fourth-order valence-electron chi connectivity index (χ4n) is 1.54. The first-order valence-corrected chi connectivity index (χ1v) is 5.91. The molecule has 0 aliphatic heterocycles. The molecule has 19 heavy (non-hydrogen) atoms. The van der Waals surface area contributed by atoms with Crippen molar-refractivity contribution in [3.05, 3.63) is 53.4 Å². The maximum Gasteiger partial charge on any atom is 0.270 e. The predicted molar refractivity (Wildman–Crippen MR) is 70.1 cm³/mol. The Labute approximate surface area is 111 Å². The highest BCUT2D eigenvalue weighted by molar-refractivity contribution is 5.92. The van der Waals surface area contributed by atoms with Crippen LogP contribution in [0.1, 0.15) is 27.6 Å². The first kappa shape index (κ1) is 13.1. The van der Waals surface area contributed by atoms with Crippen molar-refractivity contribution in [1.29, 1.82) is 0 Å². The van der Waals surface area contributed by atoms with Gasteiger partial charge < -0.3 is 11.1 Å². The third-order valence-electron chi connectivity index (χ3n) is 2.56. The van der Waals surface area contributed by atoms with Crippen LogP contribution < -0.4 is 11.1 Å². The highest BCUT2D eigenvalue weighted by Crippen LogP contribution is 2.00. The molecule has 2 rings (SSSR count). The summed E-state index contributed by atoms with van der Waals surface area (Å²) in [6.07, 6.45) is 3.27. The molecule has 0 radical (unpaired) electrons. The van der Waals surface area contributed by atoms with E-state index in [1.807, 2.05) is 0 Å². The second-order valence-corrected chi connectivity index (χ2v) is 4.03. The molecule has 0 spiro atoms. The smallest absolute Gasteiger partial charge is 0.270 e. The lowest BCUT2D eigenvalue weighted by molar-refractivity contribution is 0.0945. The van der Waals surface area contributed by atoms with Crippen LogP contribution in [0.25, 0.3) is 0 Å². The fraction of sp³-hybridized carbons (Fsp3) is 0.231. The van der Waals surface area contributed by atoms with Crippen LogP contribution in [-0.4, -0.2) is 20.9 Å². The Morgan fingerprint density at radius 1 is 1.32 bits per heavy atom. The van der Waals surface area contributed by atoms with Gasteiger partial charge in [-0.15, -0.1) is 0 Å². The van der Waals surface area contributed by atoms with Crippen molar-refractivity contribution in [2.24, 2.45) is 5.73 Å². The molecular formula is C13H15N5O. The van der Waals surface area contributed by atoms with E-state index in [9.17, 15) is 4.79 Å². The molecular weight excluding hydrogens is 242 g/mol. The average molecular weight is 257 g/mol. The molecule has 98 valence electrons. The molecule has 0 aliphatic rings. The Bertz CT molecular complexity index is 568. The minimum absolute atomic E-state index is 0.236. The van der Waals surface area contributed by atoms with E-state index in [-0.39, 0.29) is 5.91 Å². The van der Waals surface area contributed by atoms with Crippen LogP contribution in [0, 0.1) is 6.92 Å². The second kappa shape index (κ2) is 6.01. The van der Waals surface area contributed by atoms with E-state index < -0.39 is 0 Å². The number of rotatable bonds is 4. The van der Waals surface area contributed by atoms with Crippen LogP contribution >= 0.6 is 0 Å². The van der Waals surface area contributed by atoms with Crippen LogP contribution in [0.3, 0.4) is 0 Å². The van der Waals surface area contributed by atoms with Crippen molar-refractivity contribution in [1.82, 2.24) is 20.3 Å². The van der Waals surface area contributed by atoms with E-state index in [0.717, 1.165) is 11.3 Å².